The van der Waals surface area contributed by atoms with Crippen LogP contribution in [0.3, 0.4) is 0 Å². The van der Waals surface area contributed by atoms with E-state index in [2.05, 4.69) is 30.0 Å². The SMILES string of the molecule is CC(C)C(C)c1c(C#N)c(Cl)c2cnc(N)nn12.CS(=O)(=O)N1CCCC(F)C1. The first-order valence-electron chi connectivity index (χ1n) is 9.29. The average molecular weight is 445 g/mol. The average Bonchev–Trinajstić information content (AvgIpc) is 2.91. The van der Waals surface area contributed by atoms with E-state index in [4.69, 9.17) is 17.3 Å². The Labute approximate surface area is 175 Å². The Hall–Kier alpha value is -1.96. The normalized spacial score (nSPS) is 18.9. The second kappa shape index (κ2) is 9.24. The van der Waals surface area contributed by atoms with Crippen LogP contribution in [0.2, 0.25) is 5.02 Å². The summed E-state index contributed by atoms with van der Waals surface area (Å²) in [6.07, 6.45) is 2.81. The minimum atomic E-state index is -3.17. The van der Waals surface area contributed by atoms with Gasteiger partial charge in [0.2, 0.25) is 16.0 Å². The van der Waals surface area contributed by atoms with Gasteiger partial charge in [-0.3, -0.25) is 0 Å². The van der Waals surface area contributed by atoms with Crippen molar-refractivity contribution in [3.63, 3.8) is 0 Å². The highest BCUT2D eigenvalue weighted by Crippen LogP contribution is 2.34. The maximum atomic E-state index is 12.7. The third-order valence-electron chi connectivity index (χ3n) is 5.02. The van der Waals surface area contributed by atoms with Crippen LogP contribution in [0.15, 0.2) is 6.20 Å². The quantitative estimate of drug-likeness (QED) is 0.777. The van der Waals surface area contributed by atoms with Crippen LogP contribution in [0.5, 0.6) is 0 Å². The lowest BCUT2D eigenvalue weighted by Crippen LogP contribution is -2.39. The van der Waals surface area contributed by atoms with Gasteiger partial charge < -0.3 is 5.73 Å². The summed E-state index contributed by atoms with van der Waals surface area (Å²) >= 11 is 6.20. The molecule has 1 aliphatic heterocycles. The van der Waals surface area contributed by atoms with Gasteiger partial charge in [-0.05, 0) is 18.8 Å². The van der Waals surface area contributed by atoms with Gasteiger partial charge in [-0.2, -0.15) is 9.57 Å². The molecule has 2 N–H and O–H groups in total. The summed E-state index contributed by atoms with van der Waals surface area (Å²) in [5.74, 6) is 0.673. The second-order valence-electron chi connectivity index (χ2n) is 7.49. The van der Waals surface area contributed by atoms with Gasteiger partial charge in [0, 0.05) is 19.0 Å². The van der Waals surface area contributed by atoms with E-state index in [1.54, 1.807) is 10.7 Å². The first kappa shape index (κ1) is 23.3. The van der Waals surface area contributed by atoms with Crippen molar-refractivity contribution >= 4 is 33.1 Å². The lowest BCUT2D eigenvalue weighted by molar-refractivity contribution is 0.203. The minimum Gasteiger partial charge on any atom is -0.367 e. The highest BCUT2D eigenvalue weighted by atomic mass is 35.5. The summed E-state index contributed by atoms with van der Waals surface area (Å²) < 4.78 is 37.3. The van der Waals surface area contributed by atoms with Gasteiger partial charge in [0.15, 0.2) is 0 Å². The van der Waals surface area contributed by atoms with Crippen LogP contribution in [0.4, 0.5) is 10.3 Å². The van der Waals surface area contributed by atoms with Gasteiger partial charge in [-0.1, -0.05) is 32.4 Å². The number of aromatic nitrogens is 3. The molecule has 11 heteroatoms. The molecular weight excluding hydrogens is 419 g/mol. The van der Waals surface area contributed by atoms with Crippen LogP contribution >= 0.6 is 11.6 Å². The van der Waals surface area contributed by atoms with Gasteiger partial charge >= 0.3 is 0 Å². The summed E-state index contributed by atoms with van der Waals surface area (Å²) in [6, 6.07) is 2.15. The van der Waals surface area contributed by atoms with Crippen LogP contribution in [0, 0.1) is 17.2 Å². The maximum Gasteiger partial charge on any atom is 0.238 e. The van der Waals surface area contributed by atoms with Crippen molar-refractivity contribution in [2.24, 2.45) is 5.92 Å². The Bertz CT molecular complexity index is 1020. The molecule has 0 spiro atoms. The zero-order valence-corrected chi connectivity index (χ0v) is 18.5. The molecule has 1 fully saturated rings. The van der Waals surface area contributed by atoms with Gasteiger partial charge in [-0.15, -0.1) is 5.10 Å². The first-order chi connectivity index (χ1) is 13.5. The molecular formula is C18H26ClFN6O2S. The third-order valence-corrected chi connectivity index (χ3v) is 6.67. The minimum absolute atomic E-state index is 0.0405. The lowest BCUT2D eigenvalue weighted by atomic mass is 9.93. The molecule has 0 aromatic carbocycles. The van der Waals surface area contributed by atoms with Crippen molar-refractivity contribution in [2.45, 2.75) is 45.7 Å². The molecule has 2 aromatic heterocycles. The summed E-state index contributed by atoms with van der Waals surface area (Å²) in [5.41, 5.74) is 7.47. The van der Waals surface area contributed by atoms with E-state index in [0.29, 0.717) is 41.4 Å². The fraction of sp³-hybridized carbons (Fsp3) is 0.611. The number of fused-ring (bicyclic) bond motifs is 1. The number of rotatable bonds is 3. The van der Waals surface area contributed by atoms with Crippen molar-refractivity contribution < 1.29 is 12.8 Å². The van der Waals surface area contributed by atoms with E-state index in [0.717, 1.165) is 11.9 Å². The van der Waals surface area contributed by atoms with E-state index in [-0.39, 0.29) is 18.4 Å². The number of piperidine rings is 1. The summed E-state index contributed by atoms with van der Waals surface area (Å²) in [7, 11) is -3.17. The lowest BCUT2D eigenvalue weighted by Gasteiger charge is -2.26. The third kappa shape index (κ3) is 5.35. The zero-order chi connectivity index (χ0) is 21.9. The fourth-order valence-electron chi connectivity index (χ4n) is 3.08. The van der Waals surface area contributed by atoms with Gasteiger partial charge in [-0.25, -0.2) is 22.3 Å². The zero-order valence-electron chi connectivity index (χ0n) is 16.9. The highest BCUT2D eigenvalue weighted by Gasteiger charge is 2.25. The van der Waals surface area contributed by atoms with Crippen molar-refractivity contribution in [1.82, 2.24) is 18.9 Å². The number of hydrogen-bond donors (Lipinski definition) is 1. The molecule has 2 atom stereocenters. The van der Waals surface area contributed by atoms with Crippen LogP contribution in [0.1, 0.15) is 50.8 Å². The smallest absolute Gasteiger partial charge is 0.238 e. The number of nitrogens with two attached hydrogens (primary N) is 1. The molecule has 0 aliphatic carbocycles. The number of halogens is 2. The molecule has 0 saturated carbocycles. The standard InChI is InChI=1S/C12H14ClN5.C6H12FNO2S/c1-6(2)7(3)11-8(4-14)10(13)9-5-16-12(15)17-18(9)11;1-11(9,10)8-4-2-3-6(7)5-8/h5-7H,1-3H3,(H2,15,17);6H,2-5H2,1H3. The van der Waals surface area contributed by atoms with E-state index in [9.17, 15) is 18.1 Å². The largest absolute Gasteiger partial charge is 0.367 e. The van der Waals surface area contributed by atoms with Gasteiger partial charge in [0.1, 0.15) is 17.8 Å². The summed E-state index contributed by atoms with van der Waals surface area (Å²) in [6.45, 7) is 6.73. The number of hydrogen-bond acceptors (Lipinski definition) is 6. The monoisotopic (exact) mass is 444 g/mol. The molecule has 0 radical (unpaired) electrons. The molecule has 2 aromatic rings. The first-order valence-corrected chi connectivity index (χ1v) is 11.5. The number of alkyl halides is 1. The molecule has 3 heterocycles. The molecule has 1 saturated heterocycles. The summed E-state index contributed by atoms with van der Waals surface area (Å²) in [5, 5.41) is 13.8. The molecule has 3 rings (SSSR count). The number of nitrogens with zero attached hydrogens (tertiary/aromatic N) is 5. The van der Waals surface area contributed by atoms with E-state index >= 15 is 0 Å². The molecule has 1 aliphatic rings. The number of nitriles is 1. The molecule has 8 nitrogen and oxygen atoms in total. The number of anilines is 1. The fourth-order valence-corrected chi connectivity index (χ4v) is 4.24. The molecule has 160 valence electrons. The van der Waals surface area contributed by atoms with Crippen molar-refractivity contribution in [1.29, 1.82) is 5.26 Å². The Morgan fingerprint density at radius 3 is 2.55 bits per heavy atom. The number of nitrogen functional groups attached to an aromatic ring is 1. The van der Waals surface area contributed by atoms with Crippen LogP contribution < -0.4 is 5.73 Å². The predicted octanol–water partition coefficient (Wildman–Crippen LogP) is 2.98. The van der Waals surface area contributed by atoms with Crippen molar-refractivity contribution in [3.8, 4) is 6.07 Å². The van der Waals surface area contributed by atoms with Crippen LogP contribution in [-0.2, 0) is 10.0 Å². The molecule has 0 bridgehead atoms. The van der Waals surface area contributed by atoms with Gasteiger partial charge in [0.05, 0.1) is 28.7 Å². The molecule has 29 heavy (non-hydrogen) atoms. The van der Waals surface area contributed by atoms with E-state index in [1.807, 2.05) is 6.92 Å². The predicted molar refractivity (Wildman–Crippen MR) is 111 cm³/mol. The second-order valence-corrected chi connectivity index (χ2v) is 9.85. The Morgan fingerprint density at radius 2 is 2.07 bits per heavy atom. The maximum absolute atomic E-state index is 12.7. The summed E-state index contributed by atoms with van der Waals surface area (Å²) in [4.78, 5) is 3.91. The van der Waals surface area contributed by atoms with E-state index in [1.165, 1.54) is 4.31 Å². The van der Waals surface area contributed by atoms with Crippen molar-refractivity contribution in [3.05, 3.63) is 22.5 Å². The molecule has 0 amide bonds. The Morgan fingerprint density at radius 1 is 1.41 bits per heavy atom. The Kier molecular flexibility index (Phi) is 7.43. The van der Waals surface area contributed by atoms with Crippen LogP contribution in [0.25, 0.3) is 5.52 Å². The number of sulfonamides is 1. The van der Waals surface area contributed by atoms with Gasteiger partial charge in [0.25, 0.3) is 0 Å². The molecule has 2 unspecified atom stereocenters. The Balaban J connectivity index is 0.000000234. The van der Waals surface area contributed by atoms with Crippen LogP contribution in [-0.4, -0.2) is 52.8 Å². The topological polar surface area (TPSA) is 117 Å². The van der Waals surface area contributed by atoms with E-state index < -0.39 is 16.2 Å². The van der Waals surface area contributed by atoms with Crippen molar-refractivity contribution in [2.75, 3.05) is 25.1 Å². The highest BCUT2D eigenvalue weighted by molar-refractivity contribution is 7.88.